The molecule has 0 heterocycles. The van der Waals surface area contributed by atoms with Gasteiger partial charge in [0.2, 0.25) is 5.91 Å². The first-order valence-electron chi connectivity index (χ1n) is 7.60. The maximum atomic E-state index is 13.4. The Morgan fingerprint density at radius 1 is 1.32 bits per heavy atom. The second-order valence-electron chi connectivity index (χ2n) is 6.32. The van der Waals surface area contributed by atoms with Gasteiger partial charge in [-0.05, 0) is 50.6 Å². The summed E-state index contributed by atoms with van der Waals surface area (Å²) >= 11 is 5.63. The Kier molecular flexibility index (Phi) is 5.66. The van der Waals surface area contributed by atoms with Crippen LogP contribution in [-0.4, -0.2) is 12.5 Å². The second-order valence-corrected chi connectivity index (χ2v) is 6.72. The molecule has 0 unspecified atom stereocenters. The molecule has 0 saturated carbocycles. The average molecular weight is 361 g/mol. The molecule has 0 atom stereocenters. The number of halogens is 2. The number of nitrogens with one attached hydrogen (secondary N) is 1. The smallest absolute Gasteiger partial charge is 0.233 e. The van der Waals surface area contributed by atoms with Crippen LogP contribution in [0.4, 0.5) is 15.8 Å². The Balaban J connectivity index is 2.03. The van der Waals surface area contributed by atoms with Crippen LogP contribution < -0.4 is 10.1 Å². The molecule has 0 aliphatic heterocycles. The lowest BCUT2D eigenvalue weighted by atomic mass is 9.93. The number of carbonyl (C=O) groups is 1. The highest BCUT2D eigenvalue weighted by Crippen LogP contribution is 2.26. The zero-order chi connectivity index (χ0) is 18.6. The third-order valence-corrected chi connectivity index (χ3v) is 3.99. The first-order chi connectivity index (χ1) is 11.7. The van der Waals surface area contributed by atoms with Crippen molar-refractivity contribution in [2.45, 2.75) is 20.8 Å². The highest BCUT2D eigenvalue weighted by Gasteiger charge is 2.29. The minimum Gasteiger partial charge on any atom is -0.492 e. The molecule has 25 heavy (non-hydrogen) atoms. The van der Waals surface area contributed by atoms with Gasteiger partial charge in [0.25, 0.3) is 0 Å². The molecule has 1 N–H and O–H groups in total. The van der Waals surface area contributed by atoms with Crippen LogP contribution >= 0.6 is 11.6 Å². The second kappa shape index (κ2) is 7.54. The van der Waals surface area contributed by atoms with Crippen molar-refractivity contribution in [3.05, 3.63) is 64.2 Å². The summed E-state index contributed by atoms with van der Waals surface area (Å²) in [4.78, 5) is 15.9. The molecular formula is C19H18ClFN2O2. The molecule has 1 amide bonds. The number of hydrogen-bond donors (Lipinski definition) is 1. The maximum absolute atomic E-state index is 13.4. The van der Waals surface area contributed by atoms with Gasteiger partial charge in [-0.2, -0.15) is 0 Å². The van der Waals surface area contributed by atoms with E-state index in [2.05, 4.69) is 10.2 Å². The van der Waals surface area contributed by atoms with Gasteiger partial charge in [0, 0.05) is 11.8 Å². The SMILES string of the molecule is [C-]#[N+]c1ccc(NC(=O)C(C)(C)COc2ccc(Cl)c(F)c2)cc1C. The number of rotatable bonds is 5. The Bertz CT molecular complexity index is 844. The molecule has 0 bridgehead atoms. The quantitative estimate of drug-likeness (QED) is 0.727. The summed E-state index contributed by atoms with van der Waals surface area (Å²) < 4.78 is 19.0. The summed E-state index contributed by atoms with van der Waals surface area (Å²) in [5, 5.41) is 2.83. The van der Waals surface area contributed by atoms with Crippen molar-refractivity contribution in [1.82, 2.24) is 0 Å². The van der Waals surface area contributed by atoms with Crippen LogP contribution in [0.3, 0.4) is 0 Å². The number of carbonyl (C=O) groups excluding carboxylic acids is 1. The van der Waals surface area contributed by atoms with Gasteiger partial charge in [0.05, 0.1) is 17.0 Å². The van der Waals surface area contributed by atoms with E-state index in [1.54, 1.807) is 38.1 Å². The molecule has 0 aliphatic carbocycles. The van der Waals surface area contributed by atoms with Crippen LogP contribution in [0.5, 0.6) is 5.75 Å². The number of ether oxygens (including phenoxy) is 1. The van der Waals surface area contributed by atoms with Gasteiger partial charge < -0.3 is 10.1 Å². The van der Waals surface area contributed by atoms with E-state index in [1.165, 1.54) is 12.1 Å². The van der Waals surface area contributed by atoms with E-state index in [-0.39, 0.29) is 17.5 Å². The lowest BCUT2D eigenvalue weighted by Gasteiger charge is -2.24. The number of hydrogen-bond acceptors (Lipinski definition) is 2. The van der Waals surface area contributed by atoms with Crippen molar-refractivity contribution in [2.24, 2.45) is 5.41 Å². The summed E-state index contributed by atoms with van der Waals surface area (Å²) in [6.07, 6.45) is 0. The number of nitrogens with zero attached hydrogens (tertiary/aromatic N) is 1. The average Bonchev–Trinajstić information content (AvgIpc) is 2.56. The fraction of sp³-hybridized carbons (Fsp3) is 0.263. The topological polar surface area (TPSA) is 42.7 Å². The predicted molar refractivity (Wildman–Crippen MR) is 96.8 cm³/mol. The van der Waals surface area contributed by atoms with Gasteiger partial charge in [-0.3, -0.25) is 4.79 Å². The van der Waals surface area contributed by atoms with Gasteiger partial charge >= 0.3 is 0 Å². The summed E-state index contributed by atoms with van der Waals surface area (Å²) in [6.45, 7) is 12.4. The first-order valence-corrected chi connectivity index (χ1v) is 7.98. The Labute approximate surface area is 151 Å². The van der Waals surface area contributed by atoms with E-state index in [9.17, 15) is 9.18 Å². The highest BCUT2D eigenvalue weighted by molar-refractivity contribution is 6.30. The standard InChI is InChI=1S/C19H18ClFN2O2/c1-12-9-13(5-8-17(12)22-4)23-18(24)19(2,3)11-25-14-6-7-15(20)16(21)10-14/h5-10H,11H2,1-3H3,(H,23,24). The van der Waals surface area contributed by atoms with Crippen LogP contribution in [0.1, 0.15) is 19.4 Å². The van der Waals surface area contributed by atoms with Crippen molar-refractivity contribution < 1.29 is 13.9 Å². The molecule has 0 aliphatic rings. The lowest BCUT2D eigenvalue weighted by Crippen LogP contribution is -2.36. The van der Waals surface area contributed by atoms with Crippen molar-refractivity contribution >= 4 is 28.9 Å². The monoisotopic (exact) mass is 360 g/mol. The summed E-state index contributed by atoms with van der Waals surface area (Å²) in [5.41, 5.74) is 1.10. The van der Waals surface area contributed by atoms with Crippen LogP contribution in [0.15, 0.2) is 36.4 Å². The molecular weight excluding hydrogens is 343 g/mol. The third-order valence-electron chi connectivity index (χ3n) is 3.68. The molecule has 130 valence electrons. The normalized spacial score (nSPS) is 10.9. The molecule has 0 aromatic heterocycles. The lowest BCUT2D eigenvalue weighted by molar-refractivity contribution is -0.125. The molecule has 4 nitrogen and oxygen atoms in total. The molecule has 0 radical (unpaired) electrons. The zero-order valence-corrected chi connectivity index (χ0v) is 14.9. The molecule has 0 fully saturated rings. The zero-order valence-electron chi connectivity index (χ0n) is 14.2. The molecule has 0 saturated heterocycles. The van der Waals surface area contributed by atoms with E-state index >= 15 is 0 Å². The number of anilines is 1. The molecule has 2 aromatic rings. The number of aryl methyl sites for hydroxylation is 1. The van der Waals surface area contributed by atoms with Gasteiger partial charge in [0.15, 0.2) is 5.69 Å². The van der Waals surface area contributed by atoms with Crippen molar-refractivity contribution in [3.8, 4) is 5.75 Å². The molecule has 2 rings (SSSR count). The largest absolute Gasteiger partial charge is 0.492 e. The van der Waals surface area contributed by atoms with Crippen LogP contribution in [0, 0.1) is 24.7 Å². The fourth-order valence-corrected chi connectivity index (χ4v) is 2.17. The predicted octanol–water partition coefficient (Wildman–Crippen LogP) is 5.38. The van der Waals surface area contributed by atoms with Crippen LogP contribution in [0.25, 0.3) is 4.85 Å². The Morgan fingerprint density at radius 3 is 2.64 bits per heavy atom. The molecule has 2 aromatic carbocycles. The minimum atomic E-state index is -0.845. The van der Waals surface area contributed by atoms with E-state index in [4.69, 9.17) is 22.9 Å². The van der Waals surface area contributed by atoms with Gasteiger partial charge in [-0.1, -0.05) is 17.7 Å². The third kappa shape index (κ3) is 4.71. The van der Waals surface area contributed by atoms with Gasteiger partial charge in [0.1, 0.15) is 18.2 Å². The van der Waals surface area contributed by atoms with E-state index in [1.807, 2.05) is 6.92 Å². The Morgan fingerprint density at radius 2 is 2.04 bits per heavy atom. The first kappa shape index (κ1) is 18.8. The highest BCUT2D eigenvalue weighted by atomic mass is 35.5. The number of amides is 1. The minimum absolute atomic E-state index is 0.0163. The Hall–Kier alpha value is -2.58. The van der Waals surface area contributed by atoms with E-state index < -0.39 is 11.2 Å². The summed E-state index contributed by atoms with van der Waals surface area (Å²) in [6, 6.07) is 9.23. The van der Waals surface area contributed by atoms with E-state index in [0.717, 1.165) is 5.56 Å². The van der Waals surface area contributed by atoms with Crippen molar-refractivity contribution in [1.29, 1.82) is 0 Å². The van der Waals surface area contributed by atoms with Gasteiger partial charge in [-0.15, -0.1) is 0 Å². The van der Waals surface area contributed by atoms with Crippen LogP contribution in [0.2, 0.25) is 5.02 Å². The van der Waals surface area contributed by atoms with Crippen LogP contribution in [-0.2, 0) is 4.79 Å². The summed E-state index contributed by atoms with van der Waals surface area (Å²) in [7, 11) is 0. The van der Waals surface area contributed by atoms with Crippen molar-refractivity contribution in [2.75, 3.05) is 11.9 Å². The summed E-state index contributed by atoms with van der Waals surface area (Å²) in [5.74, 6) is -0.506. The number of benzene rings is 2. The van der Waals surface area contributed by atoms with Gasteiger partial charge in [-0.25, -0.2) is 9.24 Å². The molecule has 6 heteroatoms. The molecule has 0 spiro atoms. The fourth-order valence-electron chi connectivity index (χ4n) is 2.05. The van der Waals surface area contributed by atoms with E-state index in [0.29, 0.717) is 17.1 Å². The maximum Gasteiger partial charge on any atom is 0.233 e. The van der Waals surface area contributed by atoms with Crippen molar-refractivity contribution in [3.63, 3.8) is 0 Å².